The van der Waals surface area contributed by atoms with Crippen LogP contribution in [0.5, 0.6) is 0 Å². The van der Waals surface area contributed by atoms with Crippen LogP contribution in [0.1, 0.15) is 46.0 Å². The fourth-order valence-electron chi connectivity index (χ4n) is 1.56. The molecule has 0 amide bonds. The fraction of sp³-hybridized carbons (Fsp3) is 0.909. The lowest BCUT2D eigenvalue weighted by atomic mass is 9.96. The molecule has 0 fully saturated rings. The average Bonchev–Trinajstić information content (AvgIpc) is 2.14. The van der Waals surface area contributed by atoms with Gasteiger partial charge >= 0.3 is 0 Å². The number of hydrogen-bond acceptors (Lipinski definition) is 2. The third-order valence-corrected chi connectivity index (χ3v) is 2.53. The molecule has 0 rings (SSSR count). The first kappa shape index (κ1) is 12.6. The number of rotatable bonds is 8. The highest BCUT2D eigenvalue weighted by Crippen LogP contribution is 2.17. The highest BCUT2D eigenvalue weighted by atomic mass is 16.5. The van der Waals surface area contributed by atoms with Crippen LogP contribution in [0.4, 0.5) is 0 Å². The molecule has 2 unspecified atom stereocenters. The SMILES string of the molecule is CCCCCC(C)C(CC=O)OC. The van der Waals surface area contributed by atoms with E-state index < -0.39 is 0 Å². The zero-order valence-electron chi connectivity index (χ0n) is 9.08. The van der Waals surface area contributed by atoms with Gasteiger partial charge in [0.15, 0.2) is 0 Å². The predicted molar refractivity (Wildman–Crippen MR) is 54.8 cm³/mol. The van der Waals surface area contributed by atoms with Crippen LogP contribution in [0.15, 0.2) is 0 Å². The molecule has 0 heterocycles. The first-order valence-corrected chi connectivity index (χ1v) is 5.22. The molecule has 0 spiro atoms. The number of methoxy groups -OCH3 is 1. The van der Waals surface area contributed by atoms with Crippen molar-refractivity contribution in [2.75, 3.05) is 7.11 Å². The molecule has 2 nitrogen and oxygen atoms in total. The summed E-state index contributed by atoms with van der Waals surface area (Å²) in [5.74, 6) is 0.502. The van der Waals surface area contributed by atoms with Gasteiger partial charge in [-0.2, -0.15) is 0 Å². The summed E-state index contributed by atoms with van der Waals surface area (Å²) in [7, 11) is 1.69. The topological polar surface area (TPSA) is 26.3 Å². The minimum Gasteiger partial charge on any atom is -0.381 e. The molecule has 78 valence electrons. The Hall–Kier alpha value is -0.370. The second-order valence-electron chi connectivity index (χ2n) is 3.65. The number of carbonyl (C=O) groups excluding carboxylic acids is 1. The summed E-state index contributed by atoms with van der Waals surface area (Å²) in [6.07, 6.45) is 6.54. The van der Waals surface area contributed by atoms with Crippen LogP contribution in [0.2, 0.25) is 0 Å². The molecule has 0 saturated carbocycles. The third kappa shape index (κ3) is 5.81. The zero-order chi connectivity index (χ0) is 10.1. The lowest BCUT2D eigenvalue weighted by Gasteiger charge is -2.20. The maximum atomic E-state index is 10.3. The number of carbonyl (C=O) groups is 1. The van der Waals surface area contributed by atoms with E-state index in [0.29, 0.717) is 12.3 Å². The van der Waals surface area contributed by atoms with Gasteiger partial charge in [0, 0.05) is 13.5 Å². The molecular formula is C11H22O2. The number of ether oxygens (including phenoxy) is 1. The van der Waals surface area contributed by atoms with Crippen molar-refractivity contribution in [1.82, 2.24) is 0 Å². The van der Waals surface area contributed by atoms with Gasteiger partial charge in [-0.25, -0.2) is 0 Å². The molecule has 0 aliphatic carbocycles. The summed E-state index contributed by atoms with van der Waals surface area (Å²) in [4.78, 5) is 10.3. The van der Waals surface area contributed by atoms with E-state index in [2.05, 4.69) is 13.8 Å². The highest BCUT2D eigenvalue weighted by Gasteiger charge is 2.15. The maximum absolute atomic E-state index is 10.3. The molecule has 0 saturated heterocycles. The highest BCUT2D eigenvalue weighted by molar-refractivity contribution is 5.50. The van der Waals surface area contributed by atoms with Gasteiger partial charge in [0.1, 0.15) is 6.29 Å². The Balaban J connectivity index is 3.63. The Bertz CT molecular complexity index is 123. The van der Waals surface area contributed by atoms with E-state index in [1.54, 1.807) is 7.11 Å². The summed E-state index contributed by atoms with van der Waals surface area (Å²) >= 11 is 0. The van der Waals surface area contributed by atoms with E-state index in [1.165, 1.54) is 25.7 Å². The predicted octanol–water partition coefficient (Wildman–Crippen LogP) is 2.81. The Morgan fingerprint density at radius 1 is 1.38 bits per heavy atom. The fourth-order valence-corrected chi connectivity index (χ4v) is 1.56. The lowest BCUT2D eigenvalue weighted by Crippen LogP contribution is -2.20. The van der Waals surface area contributed by atoms with Gasteiger partial charge in [0.05, 0.1) is 6.10 Å². The zero-order valence-corrected chi connectivity index (χ0v) is 9.08. The van der Waals surface area contributed by atoms with E-state index in [-0.39, 0.29) is 6.10 Å². The van der Waals surface area contributed by atoms with Crippen LogP contribution in [0, 0.1) is 5.92 Å². The van der Waals surface area contributed by atoms with Crippen LogP contribution in [0.25, 0.3) is 0 Å². The average molecular weight is 186 g/mol. The Kier molecular flexibility index (Phi) is 8.00. The van der Waals surface area contributed by atoms with Crippen molar-refractivity contribution in [3.63, 3.8) is 0 Å². The van der Waals surface area contributed by atoms with Crippen molar-refractivity contribution in [2.24, 2.45) is 5.92 Å². The molecule has 2 heteroatoms. The van der Waals surface area contributed by atoms with E-state index >= 15 is 0 Å². The molecular weight excluding hydrogens is 164 g/mol. The standard InChI is InChI=1S/C11H22O2/c1-4-5-6-7-10(2)11(13-3)8-9-12/h9-11H,4-8H2,1-3H3. The monoisotopic (exact) mass is 186 g/mol. The minimum absolute atomic E-state index is 0.120. The van der Waals surface area contributed by atoms with Gasteiger partial charge in [0.25, 0.3) is 0 Å². The molecule has 0 aromatic rings. The maximum Gasteiger partial charge on any atom is 0.122 e. The van der Waals surface area contributed by atoms with E-state index in [1.807, 2.05) is 0 Å². The second kappa shape index (κ2) is 8.24. The van der Waals surface area contributed by atoms with Crippen molar-refractivity contribution < 1.29 is 9.53 Å². The van der Waals surface area contributed by atoms with Crippen molar-refractivity contribution in [2.45, 2.75) is 52.1 Å². The number of unbranched alkanes of at least 4 members (excludes halogenated alkanes) is 2. The lowest BCUT2D eigenvalue weighted by molar-refractivity contribution is -0.110. The van der Waals surface area contributed by atoms with Crippen LogP contribution >= 0.6 is 0 Å². The molecule has 13 heavy (non-hydrogen) atoms. The molecule has 0 aromatic carbocycles. The molecule has 0 aliphatic rings. The molecule has 0 aliphatic heterocycles. The van der Waals surface area contributed by atoms with E-state index in [9.17, 15) is 4.79 Å². The van der Waals surface area contributed by atoms with Gasteiger partial charge in [-0.05, 0) is 12.3 Å². The van der Waals surface area contributed by atoms with Crippen LogP contribution in [-0.4, -0.2) is 19.5 Å². The normalized spacial score (nSPS) is 15.3. The summed E-state index contributed by atoms with van der Waals surface area (Å²) in [5.41, 5.74) is 0. The first-order valence-electron chi connectivity index (χ1n) is 5.22. The van der Waals surface area contributed by atoms with Gasteiger partial charge in [-0.3, -0.25) is 0 Å². The molecule has 0 N–H and O–H groups in total. The van der Waals surface area contributed by atoms with Gasteiger partial charge in [-0.15, -0.1) is 0 Å². The molecule has 0 radical (unpaired) electrons. The molecule has 0 aromatic heterocycles. The van der Waals surface area contributed by atoms with Gasteiger partial charge in [0.2, 0.25) is 0 Å². The Morgan fingerprint density at radius 3 is 2.54 bits per heavy atom. The Labute approximate surface area is 81.7 Å². The van der Waals surface area contributed by atoms with E-state index in [4.69, 9.17) is 4.74 Å². The van der Waals surface area contributed by atoms with Crippen LogP contribution in [0.3, 0.4) is 0 Å². The van der Waals surface area contributed by atoms with Crippen LogP contribution < -0.4 is 0 Å². The van der Waals surface area contributed by atoms with Crippen LogP contribution in [-0.2, 0) is 9.53 Å². The summed E-state index contributed by atoms with van der Waals surface area (Å²) in [6.45, 7) is 4.36. The minimum atomic E-state index is 0.120. The van der Waals surface area contributed by atoms with Gasteiger partial charge < -0.3 is 9.53 Å². The quantitative estimate of drug-likeness (QED) is 0.430. The smallest absolute Gasteiger partial charge is 0.122 e. The summed E-state index contributed by atoms with van der Waals surface area (Å²) < 4.78 is 5.25. The number of hydrogen-bond donors (Lipinski definition) is 0. The number of aldehydes is 1. The summed E-state index contributed by atoms with van der Waals surface area (Å²) in [6, 6.07) is 0. The van der Waals surface area contributed by atoms with Crippen molar-refractivity contribution >= 4 is 6.29 Å². The second-order valence-corrected chi connectivity index (χ2v) is 3.65. The van der Waals surface area contributed by atoms with Crippen molar-refractivity contribution in [1.29, 1.82) is 0 Å². The van der Waals surface area contributed by atoms with Crippen molar-refractivity contribution in [3.05, 3.63) is 0 Å². The molecule has 2 atom stereocenters. The first-order chi connectivity index (χ1) is 6.26. The Morgan fingerprint density at radius 2 is 2.08 bits per heavy atom. The van der Waals surface area contributed by atoms with Gasteiger partial charge in [-0.1, -0.05) is 33.1 Å². The third-order valence-electron chi connectivity index (χ3n) is 2.53. The summed E-state index contributed by atoms with van der Waals surface area (Å²) in [5, 5.41) is 0. The van der Waals surface area contributed by atoms with E-state index in [0.717, 1.165) is 6.29 Å². The molecule has 0 bridgehead atoms. The largest absolute Gasteiger partial charge is 0.381 e. The van der Waals surface area contributed by atoms with Crippen molar-refractivity contribution in [3.8, 4) is 0 Å².